The van der Waals surface area contributed by atoms with Crippen LogP contribution >= 0.6 is 11.3 Å². The van der Waals surface area contributed by atoms with Gasteiger partial charge in [-0.2, -0.15) is 0 Å². The fraction of sp³-hybridized carbons (Fsp3) is 0.600. The fourth-order valence-corrected chi connectivity index (χ4v) is 2.17. The van der Waals surface area contributed by atoms with Crippen LogP contribution in [0.2, 0.25) is 0 Å². The van der Waals surface area contributed by atoms with Gasteiger partial charge < -0.3 is 10.6 Å². The maximum atomic E-state index is 5.57. The molecule has 0 fully saturated rings. The van der Waals surface area contributed by atoms with Gasteiger partial charge in [0.1, 0.15) is 0 Å². The molecular formula is C10H18N2S. The second kappa shape index (κ2) is 5.37. The van der Waals surface area contributed by atoms with Gasteiger partial charge in [0.05, 0.1) is 0 Å². The third kappa shape index (κ3) is 3.46. The van der Waals surface area contributed by atoms with E-state index >= 15 is 0 Å². The van der Waals surface area contributed by atoms with Gasteiger partial charge in [-0.05, 0) is 44.9 Å². The molecule has 0 aliphatic heterocycles. The lowest BCUT2D eigenvalue weighted by molar-refractivity contribution is 0.281. The normalized spacial score (nSPS) is 13.5. The average molecular weight is 198 g/mol. The Morgan fingerprint density at radius 3 is 2.77 bits per heavy atom. The SMILES string of the molecule is CN(C)C(CCN)Cc1cccs1. The third-order valence-electron chi connectivity index (χ3n) is 2.25. The monoisotopic (exact) mass is 198 g/mol. The van der Waals surface area contributed by atoms with Crippen molar-refractivity contribution >= 4 is 11.3 Å². The highest BCUT2D eigenvalue weighted by Crippen LogP contribution is 2.14. The van der Waals surface area contributed by atoms with Crippen LogP contribution in [0, 0.1) is 0 Å². The van der Waals surface area contributed by atoms with E-state index in [4.69, 9.17) is 5.73 Å². The highest BCUT2D eigenvalue weighted by Gasteiger charge is 2.11. The molecule has 0 aliphatic carbocycles. The van der Waals surface area contributed by atoms with Crippen LogP contribution in [0.1, 0.15) is 11.3 Å². The summed E-state index contributed by atoms with van der Waals surface area (Å²) in [5.74, 6) is 0. The van der Waals surface area contributed by atoms with Crippen molar-refractivity contribution in [2.45, 2.75) is 18.9 Å². The van der Waals surface area contributed by atoms with Crippen LogP contribution in [0.25, 0.3) is 0 Å². The molecule has 0 radical (unpaired) electrons. The predicted octanol–water partition coefficient (Wildman–Crippen LogP) is 1.57. The molecule has 1 unspecified atom stereocenters. The molecule has 0 saturated carbocycles. The summed E-state index contributed by atoms with van der Waals surface area (Å²) in [4.78, 5) is 3.71. The number of thiophene rings is 1. The number of hydrogen-bond donors (Lipinski definition) is 1. The van der Waals surface area contributed by atoms with Crippen LogP contribution in [0.5, 0.6) is 0 Å². The van der Waals surface area contributed by atoms with Crippen molar-refractivity contribution in [1.82, 2.24) is 4.90 Å². The topological polar surface area (TPSA) is 29.3 Å². The Morgan fingerprint density at radius 2 is 2.31 bits per heavy atom. The molecule has 1 aromatic rings. The van der Waals surface area contributed by atoms with Gasteiger partial charge in [0, 0.05) is 10.9 Å². The van der Waals surface area contributed by atoms with Crippen molar-refractivity contribution in [3.05, 3.63) is 22.4 Å². The second-order valence-electron chi connectivity index (χ2n) is 3.48. The zero-order valence-corrected chi connectivity index (χ0v) is 9.18. The van der Waals surface area contributed by atoms with Gasteiger partial charge >= 0.3 is 0 Å². The molecule has 2 nitrogen and oxygen atoms in total. The van der Waals surface area contributed by atoms with Crippen molar-refractivity contribution in [1.29, 1.82) is 0 Å². The van der Waals surface area contributed by atoms with Gasteiger partial charge in [0.15, 0.2) is 0 Å². The largest absolute Gasteiger partial charge is 0.330 e. The fourth-order valence-electron chi connectivity index (χ4n) is 1.40. The van der Waals surface area contributed by atoms with E-state index in [2.05, 4.69) is 36.5 Å². The Morgan fingerprint density at radius 1 is 1.54 bits per heavy atom. The zero-order valence-electron chi connectivity index (χ0n) is 8.36. The first kappa shape index (κ1) is 10.7. The quantitative estimate of drug-likeness (QED) is 0.778. The molecule has 0 saturated heterocycles. The summed E-state index contributed by atoms with van der Waals surface area (Å²) >= 11 is 1.83. The Labute approximate surface area is 84.4 Å². The summed E-state index contributed by atoms with van der Waals surface area (Å²) in [6.07, 6.45) is 2.20. The van der Waals surface area contributed by atoms with Crippen LogP contribution in [0.4, 0.5) is 0 Å². The smallest absolute Gasteiger partial charge is 0.0149 e. The molecule has 1 heterocycles. The van der Waals surface area contributed by atoms with E-state index in [1.54, 1.807) is 0 Å². The van der Waals surface area contributed by atoms with Crippen molar-refractivity contribution in [2.24, 2.45) is 5.73 Å². The second-order valence-corrected chi connectivity index (χ2v) is 4.51. The summed E-state index contributed by atoms with van der Waals surface area (Å²) in [5, 5.41) is 2.13. The Kier molecular flexibility index (Phi) is 4.42. The predicted molar refractivity (Wildman–Crippen MR) is 59.2 cm³/mol. The number of nitrogens with two attached hydrogens (primary N) is 1. The minimum absolute atomic E-state index is 0.587. The van der Waals surface area contributed by atoms with Crippen molar-refractivity contribution in [3.63, 3.8) is 0 Å². The van der Waals surface area contributed by atoms with Crippen molar-refractivity contribution in [2.75, 3.05) is 20.6 Å². The molecule has 1 aromatic heterocycles. The molecule has 1 rings (SSSR count). The summed E-state index contributed by atoms with van der Waals surface area (Å²) < 4.78 is 0. The van der Waals surface area contributed by atoms with Crippen LogP contribution in [0.15, 0.2) is 17.5 Å². The van der Waals surface area contributed by atoms with E-state index in [9.17, 15) is 0 Å². The number of likely N-dealkylation sites (N-methyl/N-ethyl adjacent to an activating group) is 1. The molecule has 3 heteroatoms. The lowest BCUT2D eigenvalue weighted by atomic mass is 10.1. The summed E-state index contributed by atoms with van der Waals surface area (Å²) in [5.41, 5.74) is 5.57. The molecule has 0 amide bonds. The van der Waals surface area contributed by atoms with Crippen LogP contribution in [0.3, 0.4) is 0 Å². The molecule has 13 heavy (non-hydrogen) atoms. The molecule has 74 valence electrons. The molecule has 0 bridgehead atoms. The van der Waals surface area contributed by atoms with Gasteiger partial charge in [-0.3, -0.25) is 0 Å². The molecular weight excluding hydrogens is 180 g/mol. The minimum atomic E-state index is 0.587. The van der Waals surface area contributed by atoms with Crippen LogP contribution < -0.4 is 5.73 Å². The van der Waals surface area contributed by atoms with Crippen LogP contribution in [-0.2, 0) is 6.42 Å². The lowest BCUT2D eigenvalue weighted by Crippen LogP contribution is -2.31. The van der Waals surface area contributed by atoms with Gasteiger partial charge in [-0.1, -0.05) is 6.07 Å². The summed E-state index contributed by atoms with van der Waals surface area (Å²) in [6.45, 7) is 0.772. The number of hydrogen-bond acceptors (Lipinski definition) is 3. The molecule has 0 aliphatic rings. The van der Waals surface area contributed by atoms with E-state index in [1.165, 1.54) is 4.88 Å². The third-order valence-corrected chi connectivity index (χ3v) is 3.15. The summed E-state index contributed by atoms with van der Waals surface area (Å²) in [7, 11) is 4.24. The summed E-state index contributed by atoms with van der Waals surface area (Å²) in [6, 6.07) is 4.89. The van der Waals surface area contributed by atoms with Crippen LogP contribution in [-0.4, -0.2) is 31.6 Å². The number of rotatable bonds is 5. The molecule has 2 N–H and O–H groups in total. The van der Waals surface area contributed by atoms with Gasteiger partial charge in [0.2, 0.25) is 0 Å². The molecule has 0 spiro atoms. The van der Waals surface area contributed by atoms with Gasteiger partial charge in [-0.15, -0.1) is 11.3 Å². The van der Waals surface area contributed by atoms with Crippen molar-refractivity contribution < 1.29 is 0 Å². The first-order chi connectivity index (χ1) is 6.24. The highest BCUT2D eigenvalue weighted by molar-refractivity contribution is 7.09. The maximum absolute atomic E-state index is 5.57. The maximum Gasteiger partial charge on any atom is 0.0149 e. The van der Waals surface area contributed by atoms with Crippen molar-refractivity contribution in [3.8, 4) is 0 Å². The number of nitrogens with zero attached hydrogens (tertiary/aromatic N) is 1. The Bertz CT molecular complexity index is 219. The Hall–Kier alpha value is -0.380. The van der Waals surface area contributed by atoms with Gasteiger partial charge in [-0.25, -0.2) is 0 Å². The first-order valence-corrected chi connectivity index (χ1v) is 5.51. The van der Waals surface area contributed by atoms with E-state index in [0.29, 0.717) is 6.04 Å². The minimum Gasteiger partial charge on any atom is -0.330 e. The average Bonchev–Trinajstić information content (AvgIpc) is 2.56. The molecule has 0 aromatic carbocycles. The lowest BCUT2D eigenvalue weighted by Gasteiger charge is -2.23. The Balaban J connectivity index is 2.47. The van der Waals surface area contributed by atoms with E-state index in [-0.39, 0.29) is 0 Å². The highest BCUT2D eigenvalue weighted by atomic mass is 32.1. The van der Waals surface area contributed by atoms with E-state index < -0.39 is 0 Å². The van der Waals surface area contributed by atoms with Gasteiger partial charge in [0.25, 0.3) is 0 Å². The first-order valence-electron chi connectivity index (χ1n) is 4.63. The standard InChI is InChI=1S/C10H18N2S/c1-12(2)9(5-6-11)8-10-4-3-7-13-10/h3-4,7,9H,5-6,8,11H2,1-2H3. The van der Waals surface area contributed by atoms with E-state index in [0.717, 1.165) is 19.4 Å². The molecule has 1 atom stereocenters. The zero-order chi connectivity index (χ0) is 9.68. The van der Waals surface area contributed by atoms with E-state index in [1.807, 2.05) is 11.3 Å².